The van der Waals surface area contributed by atoms with Crippen LogP contribution in [0.25, 0.3) is 0 Å². The van der Waals surface area contributed by atoms with Crippen LogP contribution in [-0.4, -0.2) is 54.3 Å². The van der Waals surface area contributed by atoms with Crippen LogP contribution in [0.15, 0.2) is 45.2 Å². The summed E-state index contributed by atoms with van der Waals surface area (Å²) < 4.78 is 1.15. The zero-order valence-corrected chi connectivity index (χ0v) is 21.4. The summed E-state index contributed by atoms with van der Waals surface area (Å²) in [7, 11) is 1.84. The summed E-state index contributed by atoms with van der Waals surface area (Å²) in [6, 6.07) is 8.65. The number of hydrogen-bond acceptors (Lipinski definition) is 5. The Morgan fingerprint density at radius 2 is 2.07 bits per heavy atom. The fourth-order valence-electron chi connectivity index (χ4n) is 3.19. The Balaban J connectivity index is 0.00000300. The number of nitrogens with one attached hydrogen (secondary N) is 2. The topological polar surface area (TPSA) is 52.6 Å². The Morgan fingerprint density at radius 1 is 1.31 bits per heavy atom. The standard InChI is InChI=1S/C20H28ClN5S2.HI/c1-22-19(23-9-2-13-27-20-24-10-14-28-20)25-18-7-11-26(12-8-18)15-16-3-5-17(21)6-4-16;/h3-6,10,14,18H,2,7-9,11-13,15H2,1H3,(H2,22,23,25);1H. The Kier molecular flexibility index (Phi) is 11.7. The molecular weight excluding hydrogens is 537 g/mol. The minimum Gasteiger partial charge on any atom is -0.356 e. The Hall–Kier alpha value is -0.550. The molecule has 0 spiro atoms. The van der Waals surface area contributed by atoms with Crippen LogP contribution >= 0.6 is 58.7 Å². The Labute approximate surface area is 204 Å². The van der Waals surface area contributed by atoms with Gasteiger partial charge in [0.25, 0.3) is 0 Å². The van der Waals surface area contributed by atoms with Gasteiger partial charge in [-0.2, -0.15) is 0 Å². The van der Waals surface area contributed by atoms with Gasteiger partial charge in [-0.25, -0.2) is 4.98 Å². The van der Waals surface area contributed by atoms with Gasteiger partial charge < -0.3 is 10.6 Å². The number of likely N-dealkylation sites (tertiary alicyclic amines) is 1. The highest BCUT2D eigenvalue weighted by Gasteiger charge is 2.20. The molecule has 0 unspecified atom stereocenters. The van der Waals surface area contributed by atoms with E-state index in [0.29, 0.717) is 6.04 Å². The lowest BCUT2D eigenvalue weighted by atomic mass is 10.0. The van der Waals surface area contributed by atoms with Crippen LogP contribution in [0.4, 0.5) is 0 Å². The fourth-order valence-corrected chi connectivity index (χ4v) is 4.96. The van der Waals surface area contributed by atoms with Crippen LogP contribution in [0.2, 0.25) is 5.02 Å². The van der Waals surface area contributed by atoms with Crippen molar-refractivity contribution >= 4 is 64.6 Å². The summed E-state index contributed by atoms with van der Waals surface area (Å²) in [4.78, 5) is 11.2. The Morgan fingerprint density at radius 3 is 2.72 bits per heavy atom. The number of guanidine groups is 1. The lowest BCUT2D eigenvalue weighted by Gasteiger charge is -2.33. The van der Waals surface area contributed by atoms with Crippen molar-refractivity contribution in [1.29, 1.82) is 0 Å². The lowest BCUT2D eigenvalue weighted by Crippen LogP contribution is -2.48. The molecule has 3 rings (SSSR count). The molecule has 2 aromatic rings. The number of piperidine rings is 1. The molecule has 0 atom stereocenters. The highest BCUT2D eigenvalue weighted by molar-refractivity contribution is 14.0. The molecule has 160 valence electrons. The number of benzene rings is 1. The predicted octanol–water partition coefficient (Wildman–Crippen LogP) is 4.73. The molecule has 0 radical (unpaired) electrons. The zero-order chi connectivity index (χ0) is 19.6. The molecule has 0 aliphatic carbocycles. The van der Waals surface area contributed by atoms with E-state index in [2.05, 4.69) is 37.6 Å². The molecule has 29 heavy (non-hydrogen) atoms. The van der Waals surface area contributed by atoms with E-state index >= 15 is 0 Å². The summed E-state index contributed by atoms with van der Waals surface area (Å²) in [5.41, 5.74) is 1.32. The van der Waals surface area contributed by atoms with Crippen molar-refractivity contribution in [1.82, 2.24) is 20.5 Å². The fraction of sp³-hybridized carbons (Fsp3) is 0.500. The summed E-state index contributed by atoms with van der Waals surface area (Å²) in [5, 5.41) is 9.83. The first kappa shape index (κ1) is 24.7. The van der Waals surface area contributed by atoms with Crippen molar-refractivity contribution in [2.45, 2.75) is 36.2 Å². The third kappa shape index (κ3) is 9.00. The number of rotatable bonds is 8. The summed E-state index contributed by atoms with van der Waals surface area (Å²) in [6.07, 6.45) is 5.21. The zero-order valence-electron chi connectivity index (χ0n) is 16.6. The first-order valence-corrected chi connectivity index (χ1v) is 11.9. The van der Waals surface area contributed by atoms with Gasteiger partial charge in [0.2, 0.25) is 0 Å². The normalized spacial score (nSPS) is 15.7. The van der Waals surface area contributed by atoms with Gasteiger partial charge in [0.15, 0.2) is 5.96 Å². The van der Waals surface area contributed by atoms with E-state index in [0.717, 1.165) is 66.5 Å². The molecule has 1 aromatic heterocycles. The number of halogens is 2. The quantitative estimate of drug-likeness (QED) is 0.159. The average molecular weight is 566 g/mol. The third-order valence-corrected chi connectivity index (χ3v) is 7.02. The van der Waals surface area contributed by atoms with Crippen molar-refractivity contribution in [3.05, 3.63) is 46.4 Å². The minimum atomic E-state index is 0. The van der Waals surface area contributed by atoms with Crippen LogP contribution in [0.1, 0.15) is 24.8 Å². The summed E-state index contributed by atoms with van der Waals surface area (Å²) in [6.45, 7) is 4.12. The molecule has 1 aromatic carbocycles. The molecule has 5 nitrogen and oxygen atoms in total. The van der Waals surface area contributed by atoms with E-state index in [4.69, 9.17) is 11.6 Å². The Bertz CT molecular complexity index is 719. The van der Waals surface area contributed by atoms with Gasteiger partial charge in [0.1, 0.15) is 4.34 Å². The van der Waals surface area contributed by atoms with E-state index in [1.54, 1.807) is 11.3 Å². The second-order valence-corrected chi connectivity index (χ2v) is 9.49. The SMILES string of the molecule is CN=C(NCCCSc1nccs1)NC1CCN(Cc2ccc(Cl)cc2)CC1.I. The van der Waals surface area contributed by atoms with Gasteiger partial charge in [0.05, 0.1) is 0 Å². The number of aliphatic imine (C=N–C) groups is 1. The van der Waals surface area contributed by atoms with Crippen LogP contribution in [0.5, 0.6) is 0 Å². The summed E-state index contributed by atoms with van der Waals surface area (Å²) >= 11 is 9.49. The monoisotopic (exact) mass is 565 g/mol. The van der Waals surface area contributed by atoms with Crippen molar-refractivity contribution in [3.63, 3.8) is 0 Å². The van der Waals surface area contributed by atoms with Crippen molar-refractivity contribution < 1.29 is 0 Å². The van der Waals surface area contributed by atoms with Crippen LogP contribution < -0.4 is 10.6 Å². The van der Waals surface area contributed by atoms with E-state index in [1.807, 2.05) is 42.5 Å². The van der Waals surface area contributed by atoms with Gasteiger partial charge in [-0.3, -0.25) is 9.89 Å². The second-order valence-electron chi connectivity index (χ2n) is 6.82. The van der Waals surface area contributed by atoms with E-state index in [1.165, 1.54) is 5.56 Å². The maximum atomic E-state index is 5.97. The van der Waals surface area contributed by atoms with Crippen LogP contribution in [0.3, 0.4) is 0 Å². The maximum absolute atomic E-state index is 5.97. The van der Waals surface area contributed by atoms with Gasteiger partial charge in [-0.05, 0) is 37.0 Å². The average Bonchev–Trinajstić information content (AvgIpc) is 3.23. The predicted molar refractivity (Wildman–Crippen MR) is 137 cm³/mol. The molecule has 1 aliphatic rings. The number of thioether (sulfide) groups is 1. The minimum absolute atomic E-state index is 0. The van der Waals surface area contributed by atoms with Crippen molar-refractivity contribution in [2.75, 3.05) is 32.4 Å². The first-order chi connectivity index (χ1) is 13.7. The van der Waals surface area contributed by atoms with Gasteiger partial charge in [0, 0.05) is 61.6 Å². The summed E-state index contributed by atoms with van der Waals surface area (Å²) in [5.74, 6) is 1.98. The molecular formula is C20H29ClIN5S2. The molecule has 1 fully saturated rings. The number of thiazole rings is 1. The molecule has 0 amide bonds. The van der Waals surface area contributed by atoms with E-state index in [9.17, 15) is 0 Å². The molecule has 0 bridgehead atoms. The molecule has 1 aliphatic heterocycles. The van der Waals surface area contributed by atoms with E-state index in [-0.39, 0.29) is 24.0 Å². The van der Waals surface area contributed by atoms with Crippen molar-refractivity contribution in [3.8, 4) is 0 Å². The van der Waals surface area contributed by atoms with Gasteiger partial charge >= 0.3 is 0 Å². The highest BCUT2D eigenvalue weighted by Crippen LogP contribution is 2.20. The number of hydrogen-bond donors (Lipinski definition) is 2. The smallest absolute Gasteiger partial charge is 0.191 e. The van der Waals surface area contributed by atoms with Gasteiger partial charge in [-0.15, -0.1) is 35.3 Å². The van der Waals surface area contributed by atoms with Crippen LogP contribution in [0, 0.1) is 0 Å². The third-order valence-electron chi connectivity index (χ3n) is 4.72. The number of aromatic nitrogens is 1. The number of nitrogens with zero attached hydrogens (tertiary/aromatic N) is 3. The molecule has 2 N–H and O–H groups in total. The first-order valence-electron chi connectivity index (χ1n) is 9.69. The molecule has 1 saturated heterocycles. The lowest BCUT2D eigenvalue weighted by molar-refractivity contribution is 0.198. The maximum Gasteiger partial charge on any atom is 0.191 e. The van der Waals surface area contributed by atoms with Gasteiger partial charge in [-0.1, -0.05) is 35.5 Å². The van der Waals surface area contributed by atoms with E-state index < -0.39 is 0 Å². The molecule has 9 heteroatoms. The van der Waals surface area contributed by atoms with Crippen LogP contribution in [-0.2, 0) is 6.54 Å². The van der Waals surface area contributed by atoms with Crippen molar-refractivity contribution in [2.24, 2.45) is 4.99 Å². The molecule has 2 heterocycles. The second kappa shape index (κ2) is 13.7. The highest BCUT2D eigenvalue weighted by atomic mass is 127. The molecule has 0 saturated carbocycles. The largest absolute Gasteiger partial charge is 0.356 e.